The molecular weight excluding hydrogens is 180 g/mol. The molecule has 0 aliphatic heterocycles. The van der Waals surface area contributed by atoms with Gasteiger partial charge in [0.15, 0.2) is 0 Å². The van der Waals surface area contributed by atoms with E-state index in [1.807, 2.05) is 0 Å². The van der Waals surface area contributed by atoms with Crippen molar-refractivity contribution >= 4 is 0 Å². The van der Waals surface area contributed by atoms with Gasteiger partial charge in [0.1, 0.15) is 0 Å². The standard InChI is InChI=1S/C15H28/c1-8-12(4)10-14(6)15(7)13(5)9-11(2)3/h12,14-15H,2,5,8-10H2,1,3-4,6-7H3. The Morgan fingerprint density at radius 3 is 2.07 bits per heavy atom. The molecule has 0 saturated carbocycles. The monoisotopic (exact) mass is 208 g/mol. The van der Waals surface area contributed by atoms with E-state index in [9.17, 15) is 0 Å². The minimum Gasteiger partial charge on any atom is -0.0998 e. The first-order valence-electron chi connectivity index (χ1n) is 6.20. The van der Waals surface area contributed by atoms with E-state index in [-0.39, 0.29) is 0 Å². The molecular formula is C15H28. The molecule has 0 spiro atoms. The van der Waals surface area contributed by atoms with Crippen LogP contribution in [0.2, 0.25) is 0 Å². The molecule has 0 N–H and O–H groups in total. The average Bonchev–Trinajstić information content (AvgIpc) is 2.15. The molecule has 3 atom stereocenters. The van der Waals surface area contributed by atoms with Crippen molar-refractivity contribution in [3.63, 3.8) is 0 Å². The second-order valence-corrected chi connectivity index (χ2v) is 5.31. The topological polar surface area (TPSA) is 0 Å². The predicted octanol–water partition coefficient (Wildman–Crippen LogP) is 5.22. The van der Waals surface area contributed by atoms with Crippen LogP contribution in [-0.4, -0.2) is 0 Å². The molecule has 0 aromatic rings. The lowest BCUT2D eigenvalue weighted by molar-refractivity contribution is 0.337. The lowest BCUT2D eigenvalue weighted by Gasteiger charge is -2.24. The smallest absolute Gasteiger partial charge is 0.0114 e. The molecule has 0 radical (unpaired) electrons. The van der Waals surface area contributed by atoms with Crippen molar-refractivity contribution in [1.82, 2.24) is 0 Å². The van der Waals surface area contributed by atoms with E-state index in [0.29, 0.717) is 5.92 Å². The van der Waals surface area contributed by atoms with Crippen LogP contribution in [0.15, 0.2) is 24.3 Å². The summed E-state index contributed by atoms with van der Waals surface area (Å²) in [5, 5.41) is 0. The van der Waals surface area contributed by atoms with Crippen molar-refractivity contribution < 1.29 is 0 Å². The Balaban J connectivity index is 4.12. The van der Waals surface area contributed by atoms with Gasteiger partial charge in [-0.15, -0.1) is 0 Å². The van der Waals surface area contributed by atoms with Gasteiger partial charge in [0.2, 0.25) is 0 Å². The van der Waals surface area contributed by atoms with Gasteiger partial charge >= 0.3 is 0 Å². The van der Waals surface area contributed by atoms with E-state index in [4.69, 9.17) is 0 Å². The molecule has 0 rings (SSSR count). The maximum absolute atomic E-state index is 4.19. The quantitative estimate of drug-likeness (QED) is 0.503. The zero-order valence-corrected chi connectivity index (χ0v) is 11.3. The summed E-state index contributed by atoms with van der Waals surface area (Å²) in [6.45, 7) is 19.5. The maximum Gasteiger partial charge on any atom is -0.0114 e. The third kappa shape index (κ3) is 5.81. The number of hydrogen-bond donors (Lipinski definition) is 0. The largest absolute Gasteiger partial charge is 0.0998 e. The van der Waals surface area contributed by atoms with Crippen LogP contribution >= 0.6 is 0 Å². The maximum atomic E-state index is 4.19. The minimum atomic E-state index is 0.621. The van der Waals surface area contributed by atoms with Crippen molar-refractivity contribution in [2.45, 2.75) is 53.9 Å². The van der Waals surface area contributed by atoms with Crippen molar-refractivity contribution in [3.8, 4) is 0 Å². The molecule has 0 fully saturated rings. The fraction of sp³-hybridized carbons (Fsp3) is 0.733. The molecule has 0 aliphatic carbocycles. The summed E-state index contributed by atoms with van der Waals surface area (Å²) in [5.74, 6) is 2.20. The van der Waals surface area contributed by atoms with Gasteiger partial charge < -0.3 is 0 Å². The lowest BCUT2D eigenvalue weighted by Crippen LogP contribution is -2.13. The van der Waals surface area contributed by atoms with Gasteiger partial charge in [0.25, 0.3) is 0 Å². The third-order valence-electron chi connectivity index (χ3n) is 3.50. The first-order valence-corrected chi connectivity index (χ1v) is 6.20. The van der Waals surface area contributed by atoms with Crippen LogP contribution in [0.1, 0.15) is 53.9 Å². The average molecular weight is 208 g/mol. The van der Waals surface area contributed by atoms with Gasteiger partial charge in [0, 0.05) is 0 Å². The third-order valence-corrected chi connectivity index (χ3v) is 3.50. The Morgan fingerprint density at radius 1 is 1.13 bits per heavy atom. The molecule has 3 unspecified atom stereocenters. The fourth-order valence-electron chi connectivity index (χ4n) is 1.96. The van der Waals surface area contributed by atoms with Gasteiger partial charge in [-0.3, -0.25) is 0 Å². The second kappa shape index (κ2) is 6.87. The Morgan fingerprint density at radius 2 is 1.67 bits per heavy atom. The molecule has 0 aromatic carbocycles. The molecule has 0 bridgehead atoms. The Bertz CT molecular complexity index is 212. The van der Waals surface area contributed by atoms with E-state index in [1.54, 1.807) is 0 Å². The van der Waals surface area contributed by atoms with Crippen molar-refractivity contribution in [3.05, 3.63) is 24.3 Å². The van der Waals surface area contributed by atoms with Crippen LogP contribution in [0.4, 0.5) is 0 Å². The highest BCUT2D eigenvalue weighted by Crippen LogP contribution is 2.28. The van der Waals surface area contributed by atoms with Crippen molar-refractivity contribution in [1.29, 1.82) is 0 Å². The molecule has 0 nitrogen and oxygen atoms in total. The van der Waals surface area contributed by atoms with E-state index in [2.05, 4.69) is 47.8 Å². The van der Waals surface area contributed by atoms with Gasteiger partial charge in [-0.2, -0.15) is 0 Å². The number of hydrogen-bond acceptors (Lipinski definition) is 0. The van der Waals surface area contributed by atoms with Crippen LogP contribution in [0, 0.1) is 17.8 Å². The molecule has 0 amide bonds. The summed E-state index contributed by atoms with van der Waals surface area (Å²) >= 11 is 0. The molecule has 0 heterocycles. The fourth-order valence-corrected chi connectivity index (χ4v) is 1.96. The zero-order valence-electron chi connectivity index (χ0n) is 11.3. The molecule has 0 aliphatic rings. The van der Waals surface area contributed by atoms with E-state index < -0.39 is 0 Å². The van der Waals surface area contributed by atoms with Gasteiger partial charge in [-0.05, 0) is 37.5 Å². The summed E-state index contributed by atoms with van der Waals surface area (Å²) in [4.78, 5) is 0. The predicted molar refractivity (Wildman–Crippen MR) is 71.0 cm³/mol. The normalized spacial score (nSPS) is 16.9. The highest BCUT2D eigenvalue weighted by atomic mass is 14.2. The second-order valence-electron chi connectivity index (χ2n) is 5.31. The molecule has 15 heavy (non-hydrogen) atoms. The Labute approximate surface area is 96.5 Å². The highest BCUT2D eigenvalue weighted by Gasteiger charge is 2.17. The number of rotatable bonds is 7. The first kappa shape index (κ1) is 14.5. The van der Waals surface area contributed by atoms with Crippen LogP contribution in [-0.2, 0) is 0 Å². The van der Waals surface area contributed by atoms with Gasteiger partial charge in [-0.25, -0.2) is 0 Å². The van der Waals surface area contributed by atoms with Gasteiger partial charge in [0.05, 0.1) is 0 Å². The molecule has 0 saturated heterocycles. The summed E-state index contributed by atoms with van der Waals surface area (Å²) < 4.78 is 0. The van der Waals surface area contributed by atoms with Crippen LogP contribution in [0.3, 0.4) is 0 Å². The SMILES string of the molecule is C=C(C)CC(=C)C(C)C(C)CC(C)CC. The Kier molecular flexibility index (Phi) is 6.63. The van der Waals surface area contributed by atoms with E-state index in [0.717, 1.165) is 18.3 Å². The molecule has 88 valence electrons. The highest BCUT2D eigenvalue weighted by molar-refractivity contribution is 5.10. The zero-order chi connectivity index (χ0) is 12.0. The van der Waals surface area contributed by atoms with E-state index in [1.165, 1.54) is 24.0 Å². The Hall–Kier alpha value is -0.520. The van der Waals surface area contributed by atoms with Crippen molar-refractivity contribution in [2.75, 3.05) is 0 Å². The lowest BCUT2D eigenvalue weighted by atomic mass is 9.81. The summed E-state index contributed by atoms with van der Waals surface area (Å²) in [5.41, 5.74) is 2.57. The molecule has 0 heteroatoms. The summed E-state index contributed by atoms with van der Waals surface area (Å²) in [6.07, 6.45) is 3.59. The van der Waals surface area contributed by atoms with Gasteiger partial charge in [-0.1, -0.05) is 58.4 Å². The van der Waals surface area contributed by atoms with E-state index >= 15 is 0 Å². The summed E-state index contributed by atoms with van der Waals surface area (Å²) in [6, 6.07) is 0. The molecule has 0 aromatic heterocycles. The number of allylic oxidation sites excluding steroid dienone is 2. The minimum absolute atomic E-state index is 0.621. The van der Waals surface area contributed by atoms with Crippen molar-refractivity contribution in [2.24, 2.45) is 17.8 Å². The first-order chi connectivity index (χ1) is 6.88. The van der Waals surface area contributed by atoms with Crippen LogP contribution < -0.4 is 0 Å². The summed E-state index contributed by atoms with van der Waals surface area (Å²) in [7, 11) is 0. The van der Waals surface area contributed by atoms with Crippen LogP contribution in [0.5, 0.6) is 0 Å². The van der Waals surface area contributed by atoms with Crippen LogP contribution in [0.25, 0.3) is 0 Å².